The summed E-state index contributed by atoms with van der Waals surface area (Å²) in [5.74, 6) is -1.16. The first-order valence-corrected chi connectivity index (χ1v) is 13.2. The molecule has 0 atom stereocenters. The molecule has 0 aliphatic carbocycles. The van der Waals surface area contributed by atoms with Gasteiger partial charge < -0.3 is 20.7 Å². The number of methoxy groups -OCH3 is 1. The second-order valence-corrected chi connectivity index (χ2v) is 11.0. The summed E-state index contributed by atoms with van der Waals surface area (Å²) >= 11 is 1.18. The Morgan fingerprint density at radius 1 is 1.06 bits per heavy atom. The second-order valence-electron chi connectivity index (χ2n) is 8.16. The number of aryl methyl sites for hydroxylation is 1. The van der Waals surface area contributed by atoms with Crippen molar-refractivity contribution in [2.75, 3.05) is 23.7 Å². The van der Waals surface area contributed by atoms with E-state index in [4.69, 9.17) is 10.5 Å². The standard InChI is InChI=1S/C24H24N4O6S2/c1-14-3-9-17(10-4-14)36(32,33)27-16-7-5-15(6-8-16)22(30)26-23-20(21(25)29)18-11-12-28(24(31)34-2)13-19(18)35-23/h3-10,27H,11-13H2,1-2H3,(H2,25,29)(H,26,30). The third kappa shape index (κ3) is 5.19. The van der Waals surface area contributed by atoms with E-state index >= 15 is 0 Å². The maximum absolute atomic E-state index is 12.9. The lowest BCUT2D eigenvalue weighted by atomic mass is 10.0. The van der Waals surface area contributed by atoms with Crippen LogP contribution in [-0.2, 0) is 27.7 Å². The highest BCUT2D eigenvalue weighted by Crippen LogP contribution is 2.37. The van der Waals surface area contributed by atoms with Crippen LogP contribution in [0, 0.1) is 6.92 Å². The van der Waals surface area contributed by atoms with Crippen molar-refractivity contribution in [1.82, 2.24) is 4.90 Å². The van der Waals surface area contributed by atoms with Gasteiger partial charge in [0.15, 0.2) is 0 Å². The molecule has 36 heavy (non-hydrogen) atoms. The van der Waals surface area contributed by atoms with Crippen molar-refractivity contribution in [2.24, 2.45) is 5.73 Å². The Balaban J connectivity index is 1.50. The van der Waals surface area contributed by atoms with Gasteiger partial charge in [0.05, 0.1) is 24.1 Å². The fraction of sp³-hybridized carbons (Fsp3) is 0.208. The van der Waals surface area contributed by atoms with E-state index in [0.717, 1.165) is 10.4 Å². The third-order valence-electron chi connectivity index (χ3n) is 5.69. The average Bonchev–Trinajstić information content (AvgIpc) is 3.21. The molecule has 0 fully saturated rings. The lowest BCUT2D eigenvalue weighted by molar-refractivity contribution is 0.0999. The topological polar surface area (TPSA) is 148 Å². The molecule has 0 saturated heterocycles. The molecule has 1 aliphatic heterocycles. The third-order valence-corrected chi connectivity index (χ3v) is 8.22. The quantitative estimate of drug-likeness (QED) is 0.447. The maximum Gasteiger partial charge on any atom is 0.409 e. The summed E-state index contributed by atoms with van der Waals surface area (Å²) in [6.07, 6.45) is -0.0661. The number of thiophene rings is 1. The first-order chi connectivity index (χ1) is 17.1. The molecule has 2 aromatic carbocycles. The Hall–Kier alpha value is -3.90. The number of fused-ring (bicyclic) bond motifs is 1. The number of sulfonamides is 1. The van der Waals surface area contributed by atoms with Crippen molar-refractivity contribution >= 4 is 50.0 Å². The predicted molar refractivity (Wildman–Crippen MR) is 136 cm³/mol. The van der Waals surface area contributed by atoms with Crippen LogP contribution in [-0.4, -0.2) is 44.9 Å². The van der Waals surface area contributed by atoms with Gasteiger partial charge in [-0.25, -0.2) is 13.2 Å². The molecule has 0 radical (unpaired) electrons. The fourth-order valence-corrected chi connectivity index (χ4v) is 6.16. The normalized spacial score (nSPS) is 13.0. The summed E-state index contributed by atoms with van der Waals surface area (Å²) in [6, 6.07) is 12.3. The van der Waals surface area contributed by atoms with Crippen molar-refractivity contribution < 1.29 is 27.5 Å². The minimum absolute atomic E-state index is 0.126. The zero-order valence-corrected chi connectivity index (χ0v) is 21.2. The minimum Gasteiger partial charge on any atom is -0.453 e. The van der Waals surface area contributed by atoms with Gasteiger partial charge in [-0.1, -0.05) is 17.7 Å². The van der Waals surface area contributed by atoms with E-state index in [1.165, 1.54) is 59.7 Å². The number of benzene rings is 2. The van der Waals surface area contributed by atoms with E-state index in [-0.39, 0.29) is 22.6 Å². The SMILES string of the molecule is COC(=O)N1CCc2c(sc(NC(=O)c3ccc(NS(=O)(=O)c4ccc(C)cc4)cc3)c2C(N)=O)C1. The molecule has 0 spiro atoms. The monoisotopic (exact) mass is 528 g/mol. The number of nitrogens with zero attached hydrogens (tertiary/aromatic N) is 1. The highest BCUT2D eigenvalue weighted by molar-refractivity contribution is 7.92. The molecule has 0 saturated carbocycles. The van der Waals surface area contributed by atoms with Gasteiger partial charge in [0, 0.05) is 22.7 Å². The highest BCUT2D eigenvalue weighted by atomic mass is 32.2. The summed E-state index contributed by atoms with van der Waals surface area (Å²) in [6.45, 7) is 2.48. The number of hydrogen-bond acceptors (Lipinski definition) is 7. The van der Waals surface area contributed by atoms with Crippen LogP contribution in [0.1, 0.15) is 36.7 Å². The van der Waals surface area contributed by atoms with E-state index in [2.05, 4.69) is 10.0 Å². The molecule has 0 unspecified atom stereocenters. The summed E-state index contributed by atoms with van der Waals surface area (Å²) in [5.41, 5.74) is 8.03. The molecule has 4 rings (SSSR count). The number of anilines is 2. The number of amides is 3. The first-order valence-electron chi connectivity index (χ1n) is 10.9. The number of carbonyl (C=O) groups excluding carboxylic acids is 3. The van der Waals surface area contributed by atoms with Crippen LogP contribution in [0.3, 0.4) is 0 Å². The van der Waals surface area contributed by atoms with Gasteiger partial charge >= 0.3 is 6.09 Å². The van der Waals surface area contributed by atoms with Crippen LogP contribution in [0.2, 0.25) is 0 Å². The lowest BCUT2D eigenvalue weighted by Crippen LogP contribution is -2.35. The van der Waals surface area contributed by atoms with Crippen LogP contribution >= 0.6 is 11.3 Å². The van der Waals surface area contributed by atoms with Gasteiger partial charge in [-0.05, 0) is 55.3 Å². The molecule has 2 heterocycles. The summed E-state index contributed by atoms with van der Waals surface area (Å²) < 4.78 is 32.4. The zero-order valence-electron chi connectivity index (χ0n) is 19.5. The van der Waals surface area contributed by atoms with Crippen LogP contribution in [0.5, 0.6) is 0 Å². The summed E-state index contributed by atoms with van der Waals surface area (Å²) in [7, 11) is -2.48. The molecule has 188 valence electrons. The molecule has 4 N–H and O–H groups in total. The average molecular weight is 529 g/mol. The van der Waals surface area contributed by atoms with Gasteiger partial charge in [-0.2, -0.15) is 0 Å². The molecule has 10 nitrogen and oxygen atoms in total. The number of carbonyl (C=O) groups is 3. The molecule has 3 aromatic rings. The van der Waals surface area contributed by atoms with Crippen molar-refractivity contribution in [1.29, 1.82) is 0 Å². The van der Waals surface area contributed by atoms with Crippen LogP contribution in [0.4, 0.5) is 15.5 Å². The minimum atomic E-state index is -3.78. The van der Waals surface area contributed by atoms with E-state index in [1.807, 2.05) is 6.92 Å². The Morgan fingerprint density at radius 3 is 2.33 bits per heavy atom. The van der Waals surface area contributed by atoms with E-state index in [0.29, 0.717) is 29.2 Å². The first kappa shape index (κ1) is 25.2. The molecule has 1 aliphatic rings. The van der Waals surface area contributed by atoms with Gasteiger partial charge in [0.25, 0.3) is 21.8 Å². The fourth-order valence-electron chi connectivity index (χ4n) is 3.83. The Bertz CT molecular complexity index is 1430. The Morgan fingerprint density at radius 2 is 1.72 bits per heavy atom. The van der Waals surface area contributed by atoms with Gasteiger partial charge in [-0.3, -0.25) is 14.3 Å². The van der Waals surface area contributed by atoms with Gasteiger partial charge in [-0.15, -0.1) is 11.3 Å². The van der Waals surface area contributed by atoms with Crippen molar-refractivity contribution in [3.8, 4) is 0 Å². The molecule has 3 amide bonds. The number of primary amides is 1. The van der Waals surface area contributed by atoms with Crippen molar-refractivity contribution in [3.05, 3.63) is 75.7 Å². The van der Waals surface area contributed by atoms with Crippen LogP contribution < -0.4 is 15.8 Å². The number of nitrogens with two attached hydrogens (primary N) is 1. The van der Waals surface area contributed by atoms with E-state index in [1.54, 1.807) is 12.1 Å². The molecular formula is C24H24N4O6S2. The van der Waals surface area contributed by atoms with Gasteiger partial charge in [0.2, 0.25) is 0 Å². The Labute approximate surface area is 212 Å². The number of nitrogens with one attached hydrogen (secondary N) is 2. The predicted octanol–water partition coefficient (Wildman–Crippen LogP) is 3.33. The lowest BCUT2D eigenvalue weighted by Gasteiger charge is -2.25. The number of ether oxygens (including phenoxy) is 1. The van der Waals surface area contributed by atoms with Crippen LogP contribution in [0.25, 0.3) is 0 Å². The largest absolute Gasteiger partial charge is 0.453 e. The Kier molecular flexibility index (Phi) is 7.00. The van der Waals surface area contributed by atoms with Crippen molar-refractivity contribution in [2.45, 2.75) is 24.8 Å². The van der Waals surface area contributed by atoms with Gasteiger partial charge in [0.1, 0.15) is 5.00 Å². The van der Waals surface area contributed by atoms with Crippen molar-refractivity contribution in [3.63, 3.8) is 0 Å². The summed E-state index contributed by atoms with van der Waals surface area (Å²) in [4.78, 5) is 39.3. The van der Waals surface area contributed by atoms with Crippen LogP contribution in [0.15, 0.2) is 53.4 Å². The number of rotatable bonds is 6. The molecule has 1 aromatic heterocycles. The second kappa shape index (κ2) is 9.99. The molecule has 0 bridgehead atoms. The maximum atomic E-state index is 12.9. The smallest absolute Gasteiger partial charge is 0.409 e. The number of hydrogen-bond donors (Lipinski definition) is 3. The highest BCUT2D eigenvalue weighted by Gasteiger charge is 2.30. The zero-order chi connectivity index (χ0) is 26.0. The van der Waals surface area contributed by atoms with E-state index in [9.17, 15) is 22.8 Å². The molecular weight excluding hydrogens is 504 g/mol. The van der Waals surface area contributed by atoms with E-state index < -0.39 is 27.9 Å². The summed E-state index contributed by atoms with van der Waals surface area (Å²) in [5, 5.41) is 3.03. The molecule has 12 heteroatoms.